The second-order valence-electron chi connectivity index (χ2n) is 5.42. The van der Waals surface area contributed by atoms with Crippen molar-refractivity contribution in [2.45, 2.75) is 37.8 Å². The van der Waals surface area contributed by atoms with E-state index in [2.05, 4.69) is 10.4 Å². The van der Waals surface area contributed by atoms with Crippen molar-refractivity contribution < 1.29 is 9.90 Å². The molecule has 5 heteroatoms. The van der Waals surface area contributed by atoms with Gasteiger partial charge in [-0.3, -0.25) is 9.48 Å². The van der Waals surface area contributed by atoms with Gasteiger partial charge in [-0.1, -0.05) is 31.0 Å². The first kappa shape index (κ1) is 13.1. The lowest BCUT2D eigenvalue weighted by Gasteiger charge is -2.28. The number of amides is 1. The van der Waals surface area contributed by atoms with Gasteiger partial charge in [0.25, 0.3) is 5.91 Å². The summed E-state index contributed by atoms with van der Waals surface area (Å²) in [6, 6.07) is 7.51. The van der Waals surface area contributed by atoms with Crippen molar-refractivity contribution in [3.8, 4) is 0 Å². The van der Waals surface area contributed by atoms with Crippen molar-refractivity contribution in [3.05, 3.63) is 30.0 Å². The van der Waals surface area contributed by atoms with E-state index in [1.54, 1.807) is 4.68 Å². The van der Waals surface area contributed by atoms with E-state index in [1.807, 2.05) is 31.3 Å². The minimum Gasteiger partial charge on any atom is -0.391 e. The molecule has 2 aromatic rings. The third-order valence-corrected chi connectivity index (χ3v) is 4.02. The van der Waals surface area contributed by atoms with E-state index in [0.29, 0.717) is 5.69 Å². The second kappa shape index (κ2) is 5.25. The fraction of sp³-hybridized carbons (Fsp3) is 0.467. The van der Waals surface area contributed by atoms with Gasteiger partial charge in [0.15, 0.2) is 5.69 Å². The number of fused-ring (bicyclic) bond motifs is 1. The molecule has 0 spiro atoms. The van der Waals surface area contributed by atoms with Crippen LogP contribution in [0.2, 0.25) is 0 Å². The number of benzene rings is 1. The number of hydrogen-bond acceptors (Lipinski definition) is 3. The van der Waals surface area contributed by atoms with Crippen LogP contribution in [0.3, 0.4) is 0 Å². The molecule has 106 valence electrons. The summed E-state index contributed by atoms with van der Waals surface area (Å²) in [4.78, 5) is 12.4. The Morgan fingerprint density at radius 1 is 1.35 bits per heavy atom. The van der Waals surface area contributed by atoms with E-state index in [4.69, 9.17) is 0 Å². The van der Waals surface area contributed by atoms with Crippen molar-refractivity contribution in [2.75, 3.05) is 0 Å². The van der Waals surface area contributed by atoms with E-state index in [0.717, 1.165) is 36.6 Å². The van der Waals surface area contributed by atoms with Crippen molar-refractivity contribution in [1.29, 1.82) is 0 Å². The molecule has 1 heterocycles. The van der Waals surface area contributed by atoms with Crippen molar-refractivity contribution in [2.24, 2.45) is 7.05 Å². The molecule has 1 aliphatic rings. The molecule has 1 aromatic carbocycles. The lowest BCUT2D eigenvalue weighted by Crippen LogP contribution is -2.45. The molecule has 1 fully saturated rings. The third kappa shape index (κ3) is 2.29. The molecule has 1 aliphatic carbocycles. The van der Waals surface area contributed by atoms with Gasteiger partial charge in [-0.15, -0.1) is 0 Å². The van der Waals surface area contributed by atoms with E-state index in [9.17, 15) is 9.90 Å². The molecule has 0 bridgehead atoms. The highest BCUT2D eigenvalue weighted by atomic mass is 16.3. The van der Waals surface area contributed by atoms with Crippen LogP contribution in [-0.4, -0.2) is 32.9 Å². The second-order valence-corrected chi connectivity index (χ2v) is 5.42. The summed E-state index contributed by atoms with van der Waals surface area (Å²) < 4.78 is 1.71. The van der Waals surface area contributed by atoms with Crippen molar-refractivity contribution in [3.63, 3.8) is 0 Å². The average Bonchev–Trinajstić information content (AvgIpc) is 2.79. The molecular formula is C15H19N3O2. The van der Waals surface area contributed by atoms with E-state index >= 15 is 0 Å². The van der Waals surface area contributed by atoms with Crippen LogP contribution in [0.15, 0.2) is 24.3 Å². The number of aliphatic hydroxyl groups is 1. The first-order valence-corrected chi connectivity index (χ1v) is 7.07. The monoisotopic (exact) mass is 273 g/mol. The number of para-hydroxylation sites is 1. The van der Waals surface area contributed by atoms with Crippen LogP contribution in [0, 0.1) is 0 Å². The maximum Gasteiger partial charge on any atom is 0.272 e. The zero-order valence-corrected chi connectivity index (χ0v) is 11.5. The lowest BCUT2D eigenvalue weighted by molar-refractivity contribution is 0.0714. The Morgan fingerprint density at radius 3 is 2.90 bits per heavy atom. The third-order valence-electron chi connectivity index (χ3n) is 4.02. The Morgan fingerprint density at radius 2 is 2.10 bits per heavy atom. The normalized spacial score (nSPS) is 22.9. The summed E-state index contributed by atoms with van der Waals surface area (Å²) in [6.07, 6.45) is 3.22. The van der Waals surface area contributed by atoms with Gasteiger partial charge in [0.2, 0.25) is 0 Å². The van der Waals surface area contributed by atoms with Gasteiger partial charge in [-0.2, -0.15) is 5.10 Å². The Labute approximate surface area is 117 Å². The summed E-state index contributed by atoms with van der Waals surface area (Å²) in [5.74, 6) is -0.201. The fourth-order valence-corrected chi connectivity index (χ4v) is 2.90. The van der Waals surface area contributed by atoms with Crippen LogP contribution in [0.4, 0.5) is 0 Å². The molecule has 1 amide bonds. The average molecular weight is 273 g/mol. The summed E-state index contributed by atoms with van der Waals surface area (Å²) >= 11 is 0. The molecule has 1 saturated carbocycles. The van der Waals surface area contributed by atoms with E-state index < -0.39 is 6.10 Å². The van der Waals surface area contributed by atoms with Gasteiger partial charge in [-0.25, -0.2) is 0 Å². The summed E-state index contributed by atoms with van der Waals surface area (Å²) in [7, 11) is 1.83. The number of aromatic nitrogens is 2. The topological polar surface area (TPSA) is 67.2 Å². The molecule has 5 nitrogen and oxygen atoms in total. The van der Waals surface area contributed by atoms with Crippen LogP contribution < -0.4 is 5.32 Å². The van der Waals surface area contributed by atoms with E-state index in [-0.39, 0.29) is 11.9 Å². The minimum absolute atomic E-state index is 0.156. The lowest BCUT2D eigenvalue weighted by atomic mass is 9.92. The highest BCUT2D eigenvalue weighted by Gasteiger charge is 2.26. The maximum absolute atomic E-state index is 12.4. The fourth-order valence-electron chi connectivity index (χ4n) is 2.90. The molecule has 0 unspecified atom stereocenters. The Balaban J connectivity index is 1.85. The zero-order chi connectivity index (χ0) is 14.1. The quantitative estimate of drug-likeness (QED) is 0.873. The smallest absolute Gasteiger partial charge is 0.272 e. The largest absolute Gasteiger partial charge is 0.391 e. The number of rotatable bonds is 2. The van der Waals surface area contributed by atoms with Gasteiger partial charge in [-0.05, 0) is 18.9 Å². The molecule has 2 N–H and O–H groups in total. The number of hydrogen-bond donors (Lipinski definition) is 2. The number of nitrogens with one attached hydrogen (secondary N) is 1. The van der Waals surface area contributed by atoms with Gasteiger partial charge in [0.1, 0.15) is 0 Å². The van der Waals surface area contributed by atoms with Gasteiger partial charge in [0.05, 0.1) is 17.7 Å². The molecule has 0 radical (unpaired) electrons. The first-order chi connectivity index (χ1) is 9.66. The number of carbonyl (C=O) groups is 1. The number of nitrogens with zero attached hydrogens (tertiary/aromatic N) is 2. The van der Waals surface area contributed by atoms with Crippen LogP contribution in [0.5, 0.6) is 0 Å². The number of carbonyl (C=O) groups excluding carboxylic acids is 1. The van der Waals surface area contributed by atoms with Gasteiger partial charge >= 0.3 is 0 Å². The Hall–Kier alpha value is -1.88. The molecule has 20 heavy (non-hydrogen) atoms. The van der Waals surface area contributed by atoms with Crippen LogP contribution >= 0.6 is 0 Å². The van der Waals surface area contributed by atoms with Crippen molar-refractivity contribution >= 4 is 16.8 Å². The number of aliphatic hydroxyl groups excluding tert-OH is 1. The molecule has 3 rings (SSSR count). The molecule has 2 atom stereocenters. The minimum atomic E-state index is -0.442. The van der Waals surface area contributed by atoms with Crippen LogP contribution in [0.25, 0.3) is 10.9 Å². The highest BCUT2D eigenvalue weighted by Crippen LogP contribution is 2.21. The summed E-state index contributed by atoms with van der Waals surface area (Å²) in [5.41, 5.74) is 1.36. The zero-order valence-electron chi connectivity index (χ0n) is 11.5. The molecule has 1 aromatic heterocycles. The standard InChI is InChI=1S/C15H19N3O2/c1-18-12-8-4-2-6-10(12)14(17-18)15(20)16-11-7-3-5-9-13(11)19/h2,4,6,8,11,13,19H,3,5,7,9H2,1H3,(H,16,20)/t11-,13-/m1/s1. The van der Waals surface area contributed by atoms with E-state index in [1.165, 1.54) is 0 Å². The SMILES string of the molecule is Cn1nc(C(=O)N[C@@H]2CCCC[C@H]2O)c2ccccc21. The first-order valence-electron chi connectivity index (χ1n) is 7.07. The van der Waals surface area contributed by atoms with Crippen molar-refractivity contribution in [1.82, 2.24) is 15.1 Å². The molecule has 0 saturated heterocycles. The van der Waals surface area contributed by atoms with Gasteiger partial charge in [0, 0.05) is 12.4 Å². The predicted molar refractivity (Wildman–Crippen MR) is 76.4 cm³/mol. The molecular weight excluding hydrogens is 254 g/mol. The highest BCUT2D eigenvalue weighted by molar-refractivity contribution is 6.04. The maximum atomic E-state index is 12.4. The molecule has 0 aliphatic heterocycles. The Bertz CT molecular complexity index is 635. The van der Waals surface area contributed by atoms with Crippen LogP contribution in [-0.2, 0) is 7.05 Å². The van der Waals surface area contributed by atoms with Gasteiger partial charge < -0.3 is 10.4 Å². The predicted octanol–water partition coefficient (Wildman–Crippen LogP) is 1.61. The number of aryl methyl sites for hydroxylation is 1. The van der Waals surface area contributed by atoms with Crippen LogP contribution in [0.1, 0.15) is 36.2 Å². The summed E-state index contributed by atoms with van der Waals surface area (Å²) in [6.45, 7) is 0. The summed E-state index contributed by atoms with van der Waals surface area (Å²) in [5, 5.41) is 18.0. The Kier molecular flexibility index (Phi) is 3.44.